The number of aromatic nitrogens is 5. The minimum atomic E-state index is -1.53. The molecule has 33 heavy (non-hydrogen) atoms. The quantitative estimate of drug-likeness (QED) is 0.257. The van der Waals surface area contributed by atoms with Crippen molar-refractivity contribution in [2.45, 2.75) is 19.4 Å². The van der Waals surface area contributed by atoms with Gasteiger partial charge in [-0.15, -0.1) is 5.10 Å². The normalized spacial score (nSPS) is 12.8. The first kappa shape index (κ1) is 20.9. The highest BCUT2D eigenvalue weighted by molar-refractivity contribution is 6.58. The number of hydrogen-bond acceptors (Lipinski definition) is 9. The second kappa shape index (κ2) is 8.49. The number of fused-ring (bicyclic) bond motifs is 2. The summed E-state index contributed by atoms with van der Waals surface area (Å²) in [6, 6.07) is 12.1. The molecule has 12 heteroatoms. The maximum atomic E-state index is 11.8. The number of nitrogens with zero attached hydrogens (tertiary/aromatic N) is 5. The molecule has 2 aromatic heterocycles. The molecule has 1 amide bonds. The van der Waals surface area contributed by atoms with E-state index >= 15 is 0 Å². The van der Waals surface area contributed by atoms with Crippen molar-refractivity contribution in [1.29, 1.82) is 0 Å². The Hall–Kier alpha value is -4.03. The Morgan fingerprint density at radius 2 is 2.06 bits per heavy atom. The lowest BCUT2D eigenvalue weighted by atomic mass is 9.79. The van der Waals surface area contributed by atoms with Crippen molar-refractivity contribution in [3.63, 3.8) is 0 Å². The van der Waals surface area contributed by atoms with Crippen molar-refractivity contribution < 1.29 is 14.8 Å². The van der Waals surface area contributed by atoms with Crippen LogP contribution < -0.4 is 21.8 Å². The summed E-state index contributed by atoms with van der Waals surface area (Å²) in [5, 5.41) is 33.8. The summed E-state index contributed by atoms with van der Waals surface area (Å²) >= 11 is 0. The maximum absolute atomic E-state index is 11.8. The molecular weight excluding hydrogens is 423 g/mol. The predicted molar refractivity (Wildman–Crippen MR) is 123 cm³/mol. The molecule has 6 N–H and O–H groups in total. The Bertz CT molecular complexity index is 1360. The zero-order valence-electron chi connectivity index (χ0n) is 17.6. The van der Waals surface area contributed by atoms with E-state index < -0.39 is 13.0 Å². The number of rotatable bonds is 6. The first-order valence-corrected chi connectivity index (χ1v) is 10.5. The van der Waals surface area contributed by atoms with Gasteiger partial charge in [0.25, 0.3) is 11.9 Å². The van der Waals surface area contributed by atoms with Gasteiger partial charge in [-0.05, 0) is 36.0 Å². The van der Waals surface area contributed by atoms with Crippen LogP contribution in [0.3, 0.4) is 0 Å². The van der Waals surface area contributed by atoms with E-state index in [1.807, 2.05) is 6.07 Å². The number of hydrogen-bond donors (Lipinski definition) is 5. The second-order valence-corrected chi connectivity index (χ2v) is 7.74. The molecule has 0 radical (unpaired) electrons. The highest BCUT2D eigenvalue weighted by Crippen LogP contribution is 2.28. The van der Waals surface area contributed by atoms with Crippen LogP contribution in [0.25, 0.3) is 17.0 Å². The Kier molecular flexibility index (Phi) is 5.36. The monoisotopic (exact) mass is 444 g/mol. The minimum Gasteiger partial charge on any atom is -0.423 e. The second-order valence-electron chi connectivity index (χ2n) is 7.74. The molecule has 0 atom stereocenters. The first-order valence-electron chi connectivity index (χ1n) is 10.5. The van der Waals surface area contributed by atoms with E-state index in [-0.39, 0.29) is 5.56 Å². The minimum absolute atomic E-state index is 0.277. The SMILES string of the molecule is NC(=O)c1cccc2c1nnn2-c1nc2c(c(NCc3cccc(B(O)O)c3)n1)CCCN2. The molecule has 166 valence electrons. The van der Waals surface area contributed by atoms with E-state index in [9.17, 15) is 14.8 Å². The molecule has 0 saturated carbocycles. The number of nitrogens with two attached hydrogens (primary N) is 1. The molecule has 0 saturated heterocycles. The first-order chi connectivity index (χ1) is 16.0. The zero-order chi connectivity index (χ0) is 22.9. The molecule has 3 heterocycles. The molecule has 4 aromatic rings. The van der Waals surface area contributed by atoms with Crippen molar-refractivity contribution in [3.8, 4) is 5.95 Å². The smallest absolute Gasteiger partial charge is 0.423 e. The van der Waals surface area contributed by atoms with E-state index in [1.165, 1.54) is 4.68 Å². The molecule has 5 rings (SSSR count). The van der Waals surface area contributed by atoms with Gasteiger partial charge in [-0.3, -0.25) is 4.79 Å². The van der Waals surface area contributed by atoms with Gasteiger partial charge in [-0.25, -0.2) is 0 Å². The zero-order valence-corrected chi connectivity index (χ0v) is 17.6. The lowest BCUT2D eigenvalue weighted by Crippen LogP contribution is -2.30. The number of carbonyl (C=O) groups excluding carboxylic acids is 1. The van der Waals surface area contributed by atoms with Gasteiger partial charge in [0.1, 0.15) is 17.2 Å². The van der Waals surface area contributed by atoms with E-state index in [0.717, 1.165) is 30.5 Å². The molecular formula is C21H21BN8O3. The highest BCUT2D eigenvalue weighted by Gasteiger charge is 2.21. The topological polar surface area (TPSA) is 164 Å². The number of carbonyl (C=O) groups is 1. The largest absolute Gasteiger partial charge is 0.488 e. The van der Waals surface area contributed by atoms with Crippen LogP contribution in [0.1, 0.15) is 27.9 Å². The third-order valence-electron chi connectivity index (χ3n) is 5.53. The third-order valence-corrected chi connectivity index (χ3v) is 5.53. The van der Waals surface area contributed by atoms with Crippen LogP contribution in [0, 0.1) is 0 Å². The lowest BCUT2D eigenvalue weighted by molar-refractivity contribution is 0.100. The molecule has 0 aliphatic carbocycles. The highest BCUT2D eigenvalue weighted by atomic mass is 16.4. The Balaban J connectivity index is 1.54. The van der Waals surface area contributed by atoms with Crippen molar-refractivity contribution in [3.05, 3.63) is 59.2 Å². The number of amides is 1. The molecule has 2 aromatic carbocycles. The van der Waals surface area contributed by atoms with E-state index in [1.54, 1.807) is 36.4 Å². The molecule has 0 fully saturated rings. The van der Waals surface area contributed by atoms with Crippen LogP contribution in [-0.2, 0) is 13.0 Å². The molecule has 11 nitrogen and oxygen atoms in total. The van der Waals surface area contributed by atoms with Crippen LogP contribution in [-0.4, -0.2) is 54.6 Å². The maximum Gasteiger partial charge on any atom is 0.488 e. The summed E-state index contributed by atoms with van der Waals surface area (Å²) in [7, 11) is -1.53. The van der Waals surface area contributed by atoms with Gasteiger partial charge in [0.2, 0.25) is 0 Å². The van der Waals surface area contributed by atoms with Crippen molar-refractivity contribution >= 4 is 41.2 Å². The van der Waals surface area contributed by atoms with E-state index in [4.69, 9.17) is 10.7 Å². The van der Waals surface area contributed by atoms with Crippen LogP contribution in [0.4, 0.5) is 11.6 Å². The Morgan fingerprint density at radius 3 is 2.88 bits per heavy atom. The number of nitrogens with one attached hydrogen (secondary N) is 2. The van der Waals surface area contributed by atoms with E-state index in [2.05, 4.69) is 25.9 Å². The standard InChI is InChI=1S/C21H21BN8O3/c23-18(31)14-6-2-8-16-17(14)28-29-30(16)21-26-19-15(7-3-9-24-19)20(27-21)25-11-12-4-1-5-13(10-12)22(32)33/h1-2,4-6,8,10,32-33H,3,7,9,11H2,(H2,23,31)(H2,24,25,26,27). The van der Waals surface area contributed by atoms with Gasteiger partial charge < -0.3 is 26.4 Å². The van der Waals surface area contributed by atoms with Gasteiger partial charge in [0, 0.05) is 18.7 Å². The Morgan fingerprint density at radius 1 is 1.21 bits per heavy atom. The van der Waals surface area contributed by atoms with Crippen LogP contribution >= 0.6 is 0 Å². The summed E-state index contributed by atoms with van der Waals surface area (Å²) in [6.07, 6.45) is 1.76. The van der Waals surface area contributed by atoms with E-state index in [0.29, 0.717) is 40.6 Å². The fourth-order valence-electron chi connectivity index (χ4n) is 3.91. The van der Waals surface area contributed by atoms with Gasteiger partial charge in [0.05, 0.1) is 11.1 Å². The predicted octanol–water partition coefficient (Wildman–Crippen LogP) is -0.0406. The van der Waals surface area contributed by atoms with Gasteiger partial charge >= 0.3 is 7.12 Å². The van der Waals surface area contributed by atoms with Crippen LogP contribution in [0.15, 0.2) is 42.5 Å². The molecule has 1 aliphatic rings. The number of benzene rings is 2. The average Bonchev–Trinajstić information content (AvgIpc) is 3.26. The molecule has 0 bridgehead atoms. The number of primary amides is 1. The van der Waals surface area contributed by atoms with Crippen molar-refractivity contribution in [2.24, 2.45) is 5.73 Å². The summed E-state index contributed by atoms with van der Waals surface area (Å²) in [5.41, 5.74) is 8.95. The Labute approximate surface area is 188 Å². The van der Waals surface area contributed by atoms with Gasteiger partial charge in [-0.2, -0.15) is 14.6 Å². The fourth-order valence-corrected chi connectivity index (χ4v) is 3.91. The van der Waals surface area contributed by atoms with Crippen LogP contribution in [0.5, 0.6) is 0 Å². The third kappa shape index (κ3) is 3.97. The fraction of sp³-hybridized carbons (Fsp3) is 0.190. The molecule has 1 aliphatic heterocycles. The van der Waals surface area contributed by atoms with Gasteiger partial charge in [-0.1, -0.05) is 35.5 Å². The van der Waals surface area contributed by atoms with Crippen molar-refractivity contribution in [2.75, 3.05) is 17.2 Å². The van der Waals surface area contributed by atoms with Crippen LogP contribution in [0.2, 0.25) is 0 Å². The summed E-state index contributed by atoms with van der Waals surface area (Å²) in [4.78, 5) is 21.1. The lowest BCUT2D eigenvalue weighted by Gasteiger charge is -2.21. The molecule has 0 spiro atoms. The average molecular weight is 444 g/mol. The van der Waals surface area contributed by atoms with Crippen molar-refractivity contribution in [1.82, 2.24) is 25.0 Å². The summed E-state index contributed by atoms with van der Waals surface area (Å²) < 4.78 is 1.48. The summed E-state index contributed by atoms with van der Waals surface area (Å²) in [6.45, 7) is 1.22. The number of anilines is 2. The van der Waals surface area contributed by atoms with Gasteiger partial charge in [0.15, 0.2) is 0 Å². The summed E-state index contributed by atoms with van der Waals surface area (Å²) in [5.74, 6) is 1.07. The molecule has 0 unspecified atom stereocenters.